The van der Waals surface area contributed by atoms with E-state index in [9.17, 15) is 9.18 Å². The number of rotatable bonds is 5. The summed E-state index contributed by atoms with van der Waals surface area (Å²) in [6.45, 7) is 1.89. The van der Waals surface area contributed by atoms with Gasteiger partial charge in [0.15, 0.2) is 5.78 Å². The first-order chi connectivity index (χ1) is 10.5. The molecule has 2 aromatic carbocycles. The van der Waals surface area contributed by atoms with Gasteiger partial charge in [0, 0.05) is 32.4 Å². The number of hydrogen-bond acceptors (Lipinski definition) is 3. The predicted octanol–water partition coefficient (Wildman–Crippen LogP) is 4.18. The molecular formula is C18H18FNO2. The van der Waals surface area contributed by atoms with Crippen LogP contribution in [0.1, 0.15) is 15.9 Å². The van der Waals surface area contributed by atoms with Crippen molar-refractivity contribution >= 4 is 5.78 Å². The SMILES string of the molecule is Cc1ccccc1Oc1cc(F)ccc1C(=O)/C=C/N(C)C. The largest absolute Gasteiger partial charge is 0.456 e. The van der Waals surface area contributed by atoms with E-state index in [1.165, 1.54) is 24.3 Å². The molecule has 0 bridgehead atoms. The van der Waals surface area contributed by atoms with Gasteiger partial charge >= 0.3 is 0 Å². The first-order valence-electron chi connectivity index (χ1n) is 6.89. The highest BCUT2D eigenvalue weighted by Crippen LogP contribution is 2.29. The third-order valence-corrected chi connectivity index (χ3v) is 3.05. The molecule has 0 aliphatic carbocycles. The Bertz CT molecular complexity index is 708. The zero-order chi connectivity index (χ0) is 16.1. The highest BCUT2D eigenvalue weighted by Gasteiger charge is 2.13. The molecular weight excluding hydrogens is 281 g/mol. The highest BCUT2D eigenvalue weighted by molar-refractivity contribution is 6.06. The molecule has 22 heavy (non-hydrogen) atoms. The Balaban J connectivity index is 2.36. The standard InChI is InChI=1S/C18H18FNO2/c1-13-6-4-5-7-17(13)22-18-12-14(19)8-9-15(18)16(21)10-11-20(2)3/h4-12H,1-3H3/b11-10+. The lowest BCUT2D eigenvalue weighted by atomic mass is 10.1. The van der Waals surface area contributed by atoms with Gasteiger partial charge in [-0.2, -0.15) is 0 Å². The molecule has 0 fully saturated rings. The first-order valence-corrected chi connectivity index (χ1v) is 6.89. The lowest BCUT2D eigenvalue weighted by molar-refractivity contribution is 0.104. The quantitative estimate of drug-likeness (QED) is 0.612. The fourth-order valence-electron chi connectivity index (χ4n) is 1.88. The van der Waals surface area contributed by atoms with Gasteiger partial charge in [0.05, 0.1) is 5.56 Å². The molecule has 0 aromatic heterocycles. The Kier molecular flexibility index (Phi) is 4.94. The van der Waals surface area contributed by atoms with Crippen LogP contribution in [0.2, 0.25) is 0 Å². The lowest BCUT2D eigenvalue weighted by Crippen LogP contribution is -2.04. The third kappa shape index (κ3) is 3.95. The van der Waals surface area contributed by atoms with Gasteiger partial charge in [-0.05, 0) is 30.7 Å². The van der Waals surface area contributed by atoms with Crippen LogP contribution < -0.4 is 4.74 Å². The summed E-state index contributed by atoms with van der Waals surface area (Å²) < 4.78 is 19.3. The zero-order valence-corrected chi connectivity index (χ0v) is 12.8. The molecule has 0 aliphatic heterocycles. The molecule has 0 saturated carbocycles. The van der Waals surface area contributed by atoms with E-state index in [1.54, 1.807) is 17.2 Å². The van der Waals surface area contributed by atoms with Crippen molar-refractivity contribution in [2.24, 2.45) is 0 Å². The second-order valence-electron chi connectivity index (χ2n) is 5.15. The molecule has 0 heterocycles. The van der Waals surface area contributed by atoms with Crippen LogP contribution in [0, 0.1) is 12.7 Å². The van der Waals surface area contributed by atoms with E-state index in [2.05, 4.69) is 0 Å². The molecule has 0 unspecified atom stereocenters. The second-order valence-corrected chi connectivity index (χ2v) is 5.15. The van der Waals surface area contributed by atoms with E-state index < -0.39 is 5.82 Å². The summed E-state index contributed by atoms with van der Waals surface area (Å²) in [5.41, 5.74) is 1.23. The summed E-state index contributed by atoms with van der Waals surface area (Å²) in [5, 5.41) is 0. The van der Waals surface area contributed by atoms with E-state index in [-0.39, 0.29) is 11.5 Å². The van der Waals surface area contributed by atoms with Crippen molar-refractivity contribution in [1.29, 1.82) is 0 Å². The third-order valence-electron chi connectivity index (χ3n) is 3.05. The van der Waals surface area contributed by atoms with Crippen LogP contribution in [0.3, 0.4) is 0 Å². The van der Waals surface area contributed by atoms with Crippen molar-refractivity contribution in [3.63, 3.8) is 0 Å². The van der Waals surface area contributed by atoms with E-state index in [4.69, 9.17) is 4.74 Å². The maximum Gasteiger partial charge on any atom is 0.191 e. The highest BCUT2D eigenvalue weighted by atomic mass is 19.1. The van der Waals surface area contributed by atoms with Gasteiger partial charge < -0.3 is 9.64 Å². The van der Waals surface area contributed by atoms with Crippen molar-refractivity contribution in [3.8, 4) is 11.5 Å². The topological polar surface area (TPSA) is 29.5 Å². The molecule has 0 atom stereocenters. The van der Waals surface area contributed by atoms with Crippen LogP contribution in [0.25, 0.3) is 0 Å². The van der Waals surface area contributed by atoms with Gasteiger partial charge in [-0.15, -0.1) is 0 Å². The van der Waals surface area contributed by atoms with Crippen molar-refractivity contribution in [2.45, 2.75) is 6.92 Å². The molecule has 2 rings (SSSR count). The Morgan fingerprint density at radius 3 is 2.55 bits per heavy atom. The molecule has 114 valence electrons. The number of carbonyl (C=O) groups is 1. The van der Waals surface area contributed by atoms with Gasteiger partial charge in [-0.3, -0.25) is 4.79 Å². The monoisotopic (exact) mass is 299 g/mol. The smallest absolute Gasteiger partial charge is 0.191 e. The van der Waals surface area contributed by atoms with Crippen LogP contribution in [0.15, 0.2) is 54.7 Å². The number of hydrogen-bond donors (Lipinski definition) is 0. The zero-order valence-electron chi connectivity index (χ0n) is 12.8. The molecule has 0 aliphatic rings. The minimum absolute atomic E-state index is 0.211. The number of nitrogens with zero attached hydrogens (tertiary/aromatic N) is 1. The van der Waals surface area contributed by atoms with Crippen LogP contribution in [0.4, 0.5) is 4.39 Å². The van der Waals surface area contributed by atoms with Gasteiger partial charge in [0.1, 0.15) is 17.3 Å². The van der Waals surface area contributed by atoms with Crippen LogP contribution in [-0.2, 0) is 0 Å². The van der Waals surface area contributed by atoms with Crippen molar-refractivity contribution in [2.75, 3.05) is 14.1 Å². The van der Waals surface area contributed by atoms with E-state index in [1.807, 2.05) is 39.2 Å². The van der Waals surface area contributed by atoms with Crippen LogP contribution >= 0.6 is 0 Å². The van der Waals surface area contributed by atoms with Gasteiger partial charge in [0.25, 0.3) is 0 Å². The summed E-state index contributed by atoms with van der Waals surface area (Å²) in [7, 11) is 3.64. The maximum atomic E-state index is 13.5. The molecule has 0 spiro atoms. The van der Waals surface area contributed by atoms with Crippen molar-refractivity contribution in [1.82, 2.24) is 4.90 Å². The molecule has 0 radical (unpaired) electrons. The normalized spacial score (nSPS) is 10.7. The number of ketones is 1. The fourth-order valence-corrected chi connectivity index (χ4v) is 1.88. The summed E-state index contributed by atoms with van der Waals surface area (Å²) in [6, 6.07) is 11.3. The number of ether oxygens (including phenoxy) is 1. The lowest BCUT2D eigenvalue weighted by Gasteiger charge is -2.12. The van der Waals surface area contributed by atoms with E-state index in [0.29, 0.717) is 11.3 Å². The van der Waals surface area contributed by atoms with E-state index >= 15 is 0 Å². The first kappa shape index (κ1) is 15.8. The summed E-state index contributed by atoms with van der Waals surface area (Å²) in [6.07, 6.45) is 3.07. The Morgan fingerprint density at radius 2 is 1.86 bits per heavy atom. The predicted molar refractivity (Wildman–Crippen MR) is 84.8 cm³/mol. The van der Waals surface area contributed by atoms with Gasteiger partial charge in [0.2, 0.25) is 0 Å². The number of benzene rings is 2. The average molecular weight is 299 g/mol. The Labute approximate surface area is 129 Å². The average Bonchev–Trinajstić information content (AvgIpc) is 2.47. The number of carbonyl (C=O) groups excluding carboxylic acids is 1. The summed E-state index contributed by atoms with van der Waals surface area (Å²) >= 11 is 0. The second kappa shape index (κ2) is 6.89. The maximum absolute atomic E-state index is 13.5. The number of allylic oxidation sites excluding steroid dienone is 1. The number of halogens is 1. The number of para-hydroxylation sites is 1. The number of aryl methyl sites for hydroxylation is 1. The molecule has 2 aromatic rings. The molecule has 4 heteroatoms. The minimum atomic E-state index is -0.447. The minimum Gasteiger partial charge on any atom is -0.456 e. The van der Waals surface area contributed by atoms with Crippen LogP contribution in [0.5, 0.6) is 11.5 Å². The Morgan fingerprint density at radius 1 is 1.14 bits per heavy atom. The summed E-state index contributed by atoms with van der Waals surface area (Å²) in [4.78, 5) is 14.0. The van der Waals surface area contributed by atoms with Crippen LogP contribution in [-0.4, -0.2) is 24.8 Å². The van der Waals surface area contributed by atoms with Gasteiger partial charge in [-0.25, -0.2) is 4.39 Å². The van der Waals surface area contributed by atoms with E-state index in [0.717, 1.165) is 5.56 Å². The molecule has 3 nitrogen and oxygen atoms in total. The van der Waals surface area contributed by atoms with Crippen molar-refractivity contribution in [3.05, 3.63) is 71.7 Å². The molecule has 0 N–H and O–H groups in total. The molecule has 0 amide bonds. The van der Waals surface area contributed by atoms with Gasteiger partial charge in [-0.1, -0.05) is 18.2 Å². The van der Waals surface area contributed by atoms with Crippen molar-refractivity contribution < 1.29 is 13.9 Å². The Hall–Kier alpha value is -2.62. The molecule has 0 saturated heterocycles. The summed E-state index contributed by atoms with van der Waals surface area (Å²) in [5.74, 6) is 0.121. The fraction of sp³-hybridized carbons (Fsp3) is 0.167.